The molecule has 9 nitrogen and oxygen atoms in total. The molecule has 0 aliphatic rings. The van der Waals surface area contributed by atoms with Crippen LogP contribution in [0.3, 0.4) is 0 Å². The van der Waals surface area contributed by atoms with Crippen molar-refractivity contribution in [2.24, 2.45) is 0 Å². The minimum atomic E-state index is -3.13. The van der Waals surface area contributed by atoms with Crippen molar-refractivity contribution in [3.63, 3.8) is 0 Å². The van der Waals surface area contributed by atoms with Gasteiger partial charge in [0, 0.05) is 20.8 Å². The fourth-order valence-electron chi connectivity index (χ4n) is 0. The quantitative estimate of drug-likeness (QED) is 0.276. The van der Waals surface area contributed by atoms with E-state index in [1.807, 2.05) is 0 Å². The number of carboxylic acid groups (broad SMARTS) is 3. The molecule has 0 saturated heterocycles. The van der Waals surface area contributed by atoms with E-state index in [0.717, 1.165) is 20.8 Å². The summed E-state index contributed by atoms with van der Waals surface area (Å²) >= 11 is 0. The Labute approximate surface area is 122 Å². The van der Waals surface area contributed by atoms with Crippen LogP contribution in [0.5, 0.6) is 0 Å². The van der Waals surface area contributed by atoms with Crippen LogP contribution in [0, 0.1) is 0 Å². The van der Waals surface area contributed by atoms with E-state index in [1.54, 1.807) is 0 Å². The van der Waals surface area contributed by atoms with Crippen molar-refractivity contribution in [1.29, 1.82) is 0 Å². The van der Waals surface area contributed by atoms with Gasteiger partial charge in [0.15, 0.2) is 0 Å². The number of rotatable bonds is 0. The van der Waals surface area contributed by atoms with Crippen molar-refractivity contribution in [2.45, 2.75) is 20.8 Å². The molecule has 0 atom stereocenters. The van der Waals surface area contributed by atoms with Crippen molar-refractivity contribution < 1.29 is 74.7 Å². The Bertz CT molecular complexity index is 171. The number of carbonyl (C=O) groups is 3. The van der Waals surface area contributed by atoms with E-state index in [9.17, 15) is 0 Å². The predicted octanol–water partition coefficient (Wildman–Crippen LogP) is -4.22. The first-order chi connectivity index (χ1) is 6.93. The van der Waals surface area contributed by atoms with Crippen LogP contribution in [-0.4, -0.2) is 52.0 Å². The Kier molecular flexibility index (Phi) is 42.6. The van der Waals surface area contributed by atoms with Gasteiger partial charge in [0.05, 0.1) is 0 Å². The first kappa shape index (κ1) is 29.8. The molecule has 17 heavy (non-hydrogen) atoms. The van der Waals surface area contributed by atoms with Crippen LogP contribution >= 0.6 is 0 Å². The molecule has 0 aliphatic carbocycles. The molecule has 0 aromatic heterocycles. The average molecular weight is 282 g/mol. The van der Waals surface area contributed by atoms with Gasteiger partial charge in [-0.1, -0.05) is 0 Å². The summed E-state index contributed by atoms with van der Waals surface area (Å²) in [6.45, 7) is 3.25. The van der Waals surface area contributed by atoms with Crippen LogP contribution in [-0.2, 0) is 18.8 Å². The van der Waals surface area contributed by atoms with Gasteiger partial charge in [0.1, 0.15) is 0 Å². The van der Waals surface area contributed by atoms with Gasteiger partial charge in [-0.15, -0.1) is 0 Å². The third-order valence-electron chi connectivity index (χ3n) is 0. The number of hydrogen-bond acceptors (Lipinski definition) is 4. The summed E-state index contributed by atoms with van der Waals surface area (Å²) in [5.41, 5.74) is 0. The Balaban J connectivity index is -0.0000000257. The molecule has 5 N–H and O–H groups in total. The van der Waals surface area contributed by atoms with Crippen LogP contribution < -0.4 is 29.6 Å². The van der Waals surface area contributed by atoms with E-state index >= 15 is 0 Å². The minimum Gasteiger partial charge on any atom is -1.00 e. The first-order valence-electron chi connectivity index (χ1n) is 3.43. The van der Waals surface area contributed by atoms with Crippen molar-refractivity contribution in [3.05, 3.63) is 0 Å². The van der Waals surface area contributed by atoms with E-state index in [2.05, 4.69) is 0 Å². The summed E-state index contributed by atoms with van der Waals surface area (Å²) in [7, 11) is -3.13. The zero-order valence-electron chi connectivity index (χ0n) is 10.9. The number of aliphatic carboxylic acids is 3. The summed E-state index contributed by atoms with van der Waals surface area (Å²) in [5, 5.41) is 22.2. The molecule has 0 aromatic carbocycles. The molecule has 0 spiro atoms. The molecule has 0 rings (SSSR count). The van der Waals surface area contributed by atoms with Crippen molar-refractivity contribution in [2.75, 3.05) is 0 Å². The molecule has 0 aromatic rings. The van der Waals surface area contributed by atoms with Crippen molar-refractivity contribution >= 4 is 27.1 Å². The molecule has 0 radical (unpaired) electrons. The van der Waals surface area contributed by atoms with E-state index in [0.29, 0.717) is 0 Å². The second-order valence-electron chi connectivity index (χ2n) is 1.84. The Morgan fingerprint density at radius 1 is 0.824 bits per heavy atom. The topological polar surface area (TPSA) is 169 Å². The van der Waals surface area contributed by atoms with E-state index < -0.39 is 27.1 Å². The molecule has 0 unspecified atom stereocenters. The third-order valence-corrected chi connectivity index (χ3v) is 0. The van der Waals surface area contributed by atoms with Gasteiger partial charge >= 0.3 is 38.7 Å². The van der Waals surface area contributed by atoms with Crippen LogP contribution in [0.2, 0.25) is 0 Å². The second-order valence-corrected chi connectivity index (χ2v) is 2.40. The summed E-state index contributed by atoms with van der Waals surface area (Å²) in [5.74, 6) is -2.50. The fraction of sp³-hybridized carbons (Fsp3) is 0.500. The van der Waals surface area contributed by atoms with Gasteiger partial charge in [-0.25, -0.2) is 0 Å². The van der Waals surface area contributed by atoms with Gasteiger partial charge in [-0.3, -0.25) is 18.8 Å². The predicted molar refractivity (Wildman–Crippen MR) is 51.9 cm³/mol. The maximum absolute atomic E-state index is 9.00. The van der Waals surface area contributed by atoms with Gasteiger partial charge in [-0.2, -0.15) is 0 Å². The molecule has 0 aliphatic heterocycles. The van der Waals surface area contributed by atoms with Crippen LogP contribution in [0.25, 0.3) is 0 Å². The van der Waals surface area contributed by atoms with Crippen LogP contribution in [0.4, 0.5) is 0 Å². The smallest absolute Gasteiger partial charge is 1.00 e. The van der Waals surface area contributed by atoms with Gasteiger partial charge in [0.25, 0.3) is 17.9 Å². The summed E-state index contributed by atoms with van der Waals surface area (Å²) in [6, 6.07) is 0. The first-order valence-corrected chi connectivity index (χ1v) is 4.74. The van der Waals surface area contributed by atoms with Gasteiger partial charge in [0.2, 0.25) is 0 Å². The minimum absolute atomic E-state index is 0. The monoisotopic (exact) mass is 282 g/mol. The molecular formula is C6H15NaO9Si. The molecule has 0 heterocycles. The summed E-state index contributed by atoms with van der Waals surface area (Å²) < 4.78 is 8.74. The third kappa shape index (κ3) is 2690. The summed E-state index contributed by atoms with van der Waals surface area (Å²) in [4.78, 5) is 41.3. The number of carboxylic acids is 3. The van der Waals surface area contributed by atoms with Crippen LogP contribution in [0.1, 0.15) is 22.2 Å². The maximum Gasteiger partial charge on any atom is 1.00 e. The Morgan fingerprint density at radius 3 is 0.824 bits per heavy atom. The van der Waals surface area contributed by atoms with Crippen LogP contribution in [0.15, 0.2) is 0 Å². The molecular weight excluding hydrogens is 267 g/mol. The molecule has 0 fully saturated rings. The average Bonchev–Trinajstić information content (AvgIpc) is 1.76. The fourth-order valence-corrected chi connectivity index (χ4v) is 0. The summed E-state index contributed by atoms with van der Waals surface area (Å²) in [6.07, 6.45) is 0. The zero-order chi connectivity index (χ0) is 14.3. The SMILES string of the molecule is CC(=O)O.CC(=O)O.CC(=O)O.O=[Si](O)O.[H-].[Na+]. The molecule has 98 valence electrons. The van der Waals surface area contributed by atoms with Gasteiger partial charge < -0.3 is 26.3 Å². The van der Waals surface area contributed by atoms with Gasteiger partial charge in [-0.05, 0) is 0 Å². The second kappa shape index (κ2) is 24.3. The largest absolute Gasteiger partial charge is 1.00 e. The Morgan fingerprint density at radius 2 is 0.824 bits per heavy atom. The zero-order valence-corrected chi connectivity index (χ0v) is 12.9. The van der Waals surface area contributed by atoms with E-state index in [1.165, 1.54) is 0 Å². The molecule has 0 amide bonds. The number of hydrogen-bond donors (Lipinski definition) is 5. The maximum atomic E-state index is 9.00. The van der Waals surface area contributed by atoms with Crippen molar-refractivity contribution in [1.82, 2.24) is 0 Å². The van der Waals surface area contributed by atoms with Crippen molar-refractivity contribution in [3.8, 4) is 0 Å². The normalized spacial score (nSPS) is 5.82. The standard InChI is InChI=1S/3C2H4O2.Na.H2O3Si.H/c3*1-2(3)4;;1-4(2)3;/h3*1H3,(H,3,4);;1-2H;/q;;;+1;;-1. The molecule has 11 heteroatoms. The Hall–Kier alpha value is -0.973. The molecule has 0 saturated carbocycles. The van der Waals surface area contributed by atoms with E-state index in [4.69, 9.17) is 43.8 Å². The molecule has 0 bridgehead atoms. The van der Waals surface area contributed by atoms with E-state index in [-0.39, 0.29) is 31.0 Å².